The molecule has 2 aliphatic rings. The smallest absolute Gasteiger partial charge is 0.252 e. The molecule has 2 amide bonds. The summed E-state index contributed by atoms with van der Waals surface area (Å²) in [5.41, 5.74) is 0.522. The highest BCUT2D eigenvalue weighted by atomic mass is 32.1. The van der Waals surface area contributed by atoms with E-state index < -0.39 is 11.5 Å². The van der Waals surface area contributed by atoms with E-state index in [1.54, 1.807) is 0 Å². The molecular formula is C25H33N3O5S. The predicted molar refractivity (Wildman–Crippen MR) is 131 cm³/mol. The Bertz CT molecular complexity index is 1040. The first-order chi connectivity index (χ1) is 16.2. The summed E-state index contributed by atoms with van der Waals surface area (Å²) in [5, 5.41) is 27.5. The number of aliphatic hydroxyl groups excluding tert-OH is 2. The molecule has 0 spiro atoms. The maximum absolute atomic E-state index is 13.2. The molecule has 9 heteroatoms. The van der Waals surface area contributed by atoms with Gasteiger partial charge in [0.1, 0.15) is 6.61 Å². The molecule has 1 saturated carbocycles. The van der Waals surface area contributed by atoms with E-state index in [0.29, 0.717) is 18.0 Å². The number of aromatic nitrogens is 1. The third-order valence-corrected chi connectivity index (χ3v) is 8.87. The number of ether oxygens (including phenoxy) is 1. The summed E-state index contributed by atoms with van der Waals surface area (Å²) in [6, 6.07) is 9.33. The second-order valence-corrected chi connectivity index (χ2v) is 11.0. The van der Waals surface area contributed by atoms with Crippen molar-refractivity contribution in [2.75, 3.05) is 31.0 Å². The lowest BCUT2D eigenvalue weighted by Crippen LogP contribution is -2.57. The molecule has 1 heterocycles. The van der Waals surface area contributed by atoms with E-state index in [-0.39, 0.29) is 48.7 Å². The molecule has 1 fully saturated rings. The number of carbonyl (C=O) groups excluding carboxylic acids is 2. The molecule has 0 aliphatic heterocycles. The van der Waals surface area contributed by atoms with Crippen LogP contribution in [0.4, 0.5) is 10.8 Å². The Morgan fingerprint density at radius 1 is 1.21 bits per heavy atom. The first kappa shape index (κ1) is 24.8. The molecular weight excluding hydrogens is 454 g/mol. The molecule has 0 radical (unpaired) electrons. The minimum absolute atomic E-state index is 0.0428. The van der Waals surface area contributed by atoms with Crippen molar-refractivity contribution >= 4 is 34.0 Å². The second-order valence-electron chi connectivity index (χ2n) is 9.96. The highest BCUT2D eigenvalue weighted by Crippen LogP contribution is 2.62. The number of amides is 2. The molecule has 2 aliphatic carbocycles. The number of rotatable bonds is 7. The quantitative estimate of drug-likeness (QED) is 0.476. The van der Waals surface area contributed by atoms with Gasteiger partial charge in [0, 0.05) is 35.4 Å². The van der Waals surface area contributed by atoms with Gasteiger partial charge in [-0.15, -0.1) is 11.3 Å². The van der Waals surface area contributed by atoms with Gasteiger partial charge in [-0.1, -0.05) is 32.0 Å². The lowest BCUT2D eigenvalue weighted by atomic mass is 9.47. The number of hydrogen-bond acceptors (Lipinski definition) is 7. The predicted octanol–water partition coefficient (Wildman–Crippen LogP) is 3.17. The van der Waals surface area contributed by atoms with Crippen molar-refractivity contribution in [3.8, 4) is 0 Å². The maximum atomic E-state index is 13.2. The number of fused-ring (bicyclic) bond motifs is 2. The van der Waals surface area contributed by atoms with Crippen LogP contribution in [0.1, 0.15) is 49.6 Å². The van der Waals surface area contributed by atoms with Crippen LogP contribution in [0, 0.1) is 16.7 Å². The van der Waals surface area contributed by atoms with E-state index in [0.717, 1.165) is 22.7 Å². The molecule has 34 heavy (non-hydrogen) atoms. The lowest BCUT2D eigenvalue weighted by molar-refractivity contribution is -0.143. The van der Waals surface area contributed by atoms with Gasteiger partial charge in [0.15, 0.2) is 5.13 Å². The first-order valence-corrected chi connectivity index (χ1v) is 12.4. The SMILES string of the molecule is COCC(=O)Nc1nc2c(s1)CC1C(C)(CO)C(O)CCC1(C)C2CC(=O)Nc1ccccc1. The number of para-hydroxylation sites is 1. The minimum Gasteiger partial charge on any atom is -0.396 e. The number of hydrogen-bond donors (Lipinski definition) is 4. The van der Waals surface area contributed by atoms with Crippen LogP contribution in [0.3, 0.4) is 0 Å². The van der Waals surface area contributed by atoms with Crippen molar-refractivity contribution in [3.05, 3.63) is 40.9 Å². The summed E-state index contributed by atoms with van der Waals surface area (Å²) in [5.74, 6) is -0.656. The molecule has 1 aromatic carbocycles. The van der Waals surface area contributed by atoms with E-state index in [1.165, 1.54) is 18.4 Å². The van der Waals surface area contributed by atoms with Gasteiger partial charge in [0.25, 0.3) is 5.91 Å². The highest BCUT2D eigenvalue weighted by Gasteiger charge is 2.59. The molecule has 4 rings (SSSR count). The number of nitrogens with one attached hydrogen (secondary N) is 2. The van der Waals surface area contributed by atoms with Crippen LogP contribution in [-0.2, 0) is 20.7 Å². The summed E-state index contributed by atoms with van der Waals surface area (Å²) in [6.07, 6.45) is 1.51. The van der Waals surface area contributed by atoms with Gasteiger partial charge >= 0.3 is 0 Å². The number of anilines is 2. The van der Waals surface area contributed by atoms with Gasteiger partial charge < -0.3 is 20.3 Å². The number of methoxy groups -OCH3 is 1. The van der Waals surface area contributed by atoms with E-state index in [2.05, 4.69) is 17.6 Å². The van der Waals surface area contributed by atoms with E-state index in [1.807, 2.05) is 37.3 Å². The summed E-state index contributed by atoms with van der Waals surface area (Å²) in [7, 11) is 1.46. The Kier molecular flexibility index (Phi) is 7.09. The number of aliphatic hydroxyl groups is 2. The highest BCUT2D eigenvalue weighted by molar-refractivity contribution is 7.15. The molecule has 5 atom stereocenters. The van der Waals surface area contributed by atoms with Crippen LogP contribution in [-0.4, -0.2) is 53.4 Å². The summed E-state index contributed by atoms with van der Waals surface area (Å²) < 4.78 is 4.91. The third kappa shape index (κ3) is 4.49. The summed E-state index contributed by atoms with van der Waals surface area (Å²) in [6.45, 7) is 3.89. The monoisotopic (exact) mass is 487 g/mol. The van der Waals surface area contributed by atoms with Gasteiger partial charge in [-0.25, -0.2) is 4.98 Å². The normalized spacial score (nSPS) is 30.2. The fourth-order valence-corrected chi connectivity index (χ4v) is 6.99. The Morgan fingerprint density at radius 2 is 1.94 bits per heavy atom. The average Bonchev–Trinajstić information content (AvgIpc) is 3.20. The molecule has 5 unspecified atom stereocenters. The molecule has 184 valence electrons. The Labute approximate surface area is 203 Å². The van der Waals surface area contributed by atoms with Crippen LogP contribution in [0.2, 0.25) is 0 Å². The van der Waals surface area contributed by atoms with Gasteiger partial charge in [-0.2, -0.15) is 0 Å². The summed E-state index contributed by atoms with van der Waals surface area (Å²) in [4.78, 5) is 31.0. The average molecular weight is 488 g/mol. The van der Waals surface area contributed by atoms with Crippen LogP contribution in [0.5, 0.6) is 0 Å². The van der Waals surface area contributed by atoms with Gasteiger partial charge in [-0.05, 0) is 42.7 Å². The molecule has 4 N–H and O–H groups in total. The number of carbonyl (C=O) groups is 2. The fourth-order valence-electron chi connectivity index (χ4n) is 5.90. The van der Waals surface area contributed by atoms with Crippen molar-refractivity contribution in [3.63, 3.8) is 0 Å². The van der Waals surface area contributed by atoms with E-state index in [4.69, 9.17) is 9.72 Å². The number of benzene rings is 1. The molecule has 0 bridgehead atoms. The van der Waals surface area contributed by atoms with Crippen molar-refractivity contribution in [2.24, 2.45) is 16.7 Å². The molecule has 8 nitrogen and oxygen atoms in total. The largest absolute Gasteiger partial charge is 0.396 e. The van der Waals surface area contributed by atoms with E-state index >= 15 is 0 Å². The van der Waals surface area contributed by atoms with E-state index in [9.17, 15) is 19.8 Å². The van der Waals surface area contributed by atoms with Crippen LogP contribution in [0.25, 0.3) is 0 Å². The Morgan fingerprint density at radius 3 is 2.62 bits per heavy atom. The topological polar surface area (TPSA) is 121 Å². The number of nitrogens with zero attached hydrogens (tertiary/aromatic N) is 1. The third-order valence-electron chi connectivity index (χ3n) is 7.86. The van der Waals surface area contributed by atoms with Crippen LogP contribution < -0.4 is 10.6 Å². The zero-order valence-corrected chi connectivity index (χ0v) is 20.7. The minimum atomic E-state index is -0.692. The molecule has 0 saturated heterocycles. The standard InChI is InChI=1S/C25H33N3O5S/c1-24-10-9-19(30)25(2,14-29)18(24)12-17-22(28-23(34-17)27-21(32)13-33-3)16(24)11-20(31)26-15-7-5-4-6-8-15/h4-8,16,18-19,29-30H,9-14H2,1-3H3,(H,26,31)(H,27,28,32). The zero-order chi connectivity index (χ0) is 24.5. The van der Waals surface area contributed by atoms with Gasteiger partial charge in [0.05, 0.1) is 18.4 Å². The Hall–Kier alpha value is -2.33. The second kappa shape index (κ2) is 9.73. The number of thiazole rings is 1. The first-order valence-electron chi connectivity index (χ1n) is 11.6. The van der Waals surface area contributed by atoms with Crippen molar-refractivity contribution in [1.29, 1.82) is 0 Å². The molecule has 1 aromatic heterocycles. The van der Waals surface area contributed by atoms with Gasteiger partial charge in [-0.3, -0.25) is 14.9 Å². The maximum Gasteiger partial charge on any atom is 0.252 e. The van der Waals surface area contributed by atoms with Crippen molar-refractivity contribution < 1.29 is 24.5 Å². The zero-order valence-electron chi connectivity index (χ0n) is 19.8. The van der Waals surface area contributed by atoms with Crippen molar-refractivity contribution in [1.82, 2.24) is 4.98 Å². The van der Waals surface area contributed by atoms with Crippen LogP contribution in [0.15, 0.2) is 30.3 Å². The Balaban J connectivity index is 1.70. The fraction of sp³-hybridized carbons (Fsp3) is 0.560. The van der Waals surface area contributed by atoms with Crippen molar-refractivity contribution in [2.45, 2.75) is 51.6 Å². The molecule has 2 aromatic rings. The lowest BCUT2D eigenvalue weighted by Gasteiger charge is -2.58. The van der Waals surface area contributed by atoms with Gasteiger partial charge in [0.2, 0.25) is 5.91 Å². The summed E-state index contributed by atoms with van der Waals surface area (Å²) >= 11 is 1.40. The van der Waals surface area contributed by atoms with Crippen LogP contribution >= 0.6 is 11.3 Å².